The SMILES string of the molecule is C[C@]1(CCl)[C@@H](CO)C1(Cl)Cl. The molecule has 1 N–H and O–H groups in total. The lowest BCUT2D eigenvalue weighted by atomic mass is 10.1. The van der Waals surface area contributed by atoms with E-state index < -0.39 is 4.33 Å². The molecule has 4 heteroatoms. The minimum atomic E-state index is -0.816. The highest BCUT2D eigenvalue weighted by Crippen LogP contribution is 2.68. The number of alkyl halides is 3. The fraction of sp³-hybridized carbons (Fsp3) is 1.00. The van der Waals surface area contributed by atoms with Crippen molar-refractivity contribution in [3.63, 3.8) is 0 Å². The normalized spacial score (nSPS) is 43.5. The van der Waals surface area contributed by atoms with E-state index in [4.69, 9.17) is 39.9 Å². The smallest absolute Gasteiger partial charge is 0.130 e. The zero-order valence-electron chi connectivity index (χ0n) is 5.57. The van der Waals surface area contributed by atoms with Crippen LogP contribution < -0.4 is 0 Å². The van der Waals surface area contributed by atoms with Crippen LogP contribution in [0.4, 0.5) is 0 Å². The van der Waals surface area contributed by atoms with Gasteiger partial charge in [-0.15, -0.1) is 34.8 Å². The molecule has 0 spiro atoms. The number of halogens is 3. The Morgan fingerprint density at radius 1 is 1.50 bits per heavy atom. The lowest BCUT2D eigenvalue weighted by Crippen LogP contribution is -2.05. The van der Waals surface area contributed by atoms with Gasteiger partial charge in [-0.3, -0.25) is 0 Å². The van der Waals surface area contributed by atoms with Crippen molar-refractivity contribution in [1.82, 2.24) is 0 Å². The van der Waals surface area contributed by atoms with Gasteiger partial charge in [0.2, 0.25) is 0 Å². The van der Waals surface area contributed by atoms with Gasteiger partial charge < -0.3 is 5.11 Å². The van der Waals surface area contributed by atoms with Crippen LogP contribution in [0, 0.1) is 11.3 Å². The minimum absolute atomic E-state index is 0.0101. The standard InChI is InChI=1S/C6H9Cl3O/c1-5(3-7)4(2-10)6(5,8)9/h4,10H,2-3H2,1H3/t4-,5+/m1/s1. The monoisotopic (exact) mass is 202 g/mol. The number of aliphatic hydroxyl groups is 1. The van der Waals surface area contributed by atoms with Gasteiger partial charge in [0.1, 0.15) is 4.33 Å². The van der Waals surface area contributed by atoms with E-state index in [9.17, 15) is 0 Å². The van der Waals surface area contributed by atoms with Gasteiger partial charge in [0.05, 0.1) is 0 Å². The van der Waals surface area contributed by atoms with E-state index in [0.717, 1.165) is 0 Å². The van der Waals surface area contributed by atoms with Crippen molar-refractivity contribution in [2.45, 2.75) is 11.3 Å². The molecule has 0 amide bonds. The first-order valence-electron chi connectivity index (χ1n) is 3.05. The molecular weight excluding hydrogens is 194 g/mol. The quantitative estimate of drug-likeness (QED) is 0.681. The third-order valence-electron chi connectivity index (χ3n) is 2.35. The highest BCUT2D eigenvalue weighted by Gasteiger charge is 2.72. The second kappa shape index (κ2) is 2.41. The van der Waals surface area contributed by atoms with E-state index in [1.807, 2.05) is 6.92 Å². The van der Waals surface area contributed by atoms with Crippen molar-refractivity contribution in [2.75, 3.05) is 12.5 Å². The van der Waals surface area contributed by atoms with E-state index in [0.29, 0.717) is 5.88 Å². The summed E-state index contributed by atoms with van der Waals surface area (Å²) in [5, 5.41) is 8.78. The van der Waals surface area contributed by atoms with Crippen LogP contribution in [-0.2, 0) is 0 Å². The maximum Gasteiger partial charge on any atom is 0.130 e. The summed E-state index contributed by atoms with van der Waals surface area (Å²) in [7, 11) is 0. The molecule has 1 rings (SSSR count). The van der Waals surface area contributed by atoms with Crippen molar-refractivity contribution >= 4 is 34.8 Å². The Balaban J connectivity index is 2.68. The van der Waals surface area contributed by atoms with Crippen molar-refractivity contribution in [3.8, 4) is 0 Å². The topological polar surface area (TPSA) is 20.2 Å². The summed E-state index contributed by atoms with van der Waals surface area (Å²) in [6, 6.07) is 0. The zero-order valence-corrected chi connectivity index (χ0v) is 7.84. The highest BCUT2D eigenvalue weighted by atomic mass is 35.5. The fourth-order valence-electron chi connectivity index (χ4n) is 1.17. The zero-order chi connectivity index (χ0) is 7.99. The van der Waals surface area contributed by atoms with Crippen LogP contribution in [0.3, 0.4) is 0 Å². The van der Waals surface area contributed by atoms with Crippen LogP contribution in [0.15, 0.2) is 0 Å². The van der Waals surface area contributed by atoms with Crippen molar-refractivity contribution in [1.29, 1.82) is 0 Å². The Labute approximate surface area is 75.3 Å². The lowest BCUT2D eigenvalue weighted by molar-refractivity contribution is 0.258. The molecule has 0 heterocycles. The number of aliphatic hydroxyl groups excluding tert-OH is 1. The van der Waals surface area contributed by atoms with Gasteiger partial charge in [-0.1, -0.05) is 6.92 Å². The van der Waals surface area contributed by atoms with Gasteiger partial charge in [-0.05, 0) is 0 Å². The average molecular weight is 203 g/mol. The maximum atomic E-state index is 8.78. The molecule has 0 bridgehead atoms. The van der Waals surface area contributed by atoms with Crippen LogP contribution in [0.25, 0.3) is 0 Å². The molecule has 10 heavy (non-hydrogen) atoms. The number of hydrogen-bond donors (Lipinski definition) is 1. The van der Waals surface area contributed by atoms with E-state index >= 15 is 0 Å². The first-order valence-corrected chi connectivity index (χ1v) is 4.34. The van der Waals surface area contributed by atoms with E-state index in [1.54, 1.807) is 0 Å². The molecule has 0 aromatic carbocycles. The molecule has 1 saturated carbocycles. The molecule has 0 aromatic rings. The first kappa shape index (κ1) is 8.92. The van der Waals surface area contributed by atoms with Crippen molar-refractivity contribution in [2.24, 2.45) is 11.3 Å². The Hall–Kier alpha value is 0.830. The Morgan fingerprint density at radius 3 is 2.10 bits per heavy atom. The van der Waals surface area contributed by atoms with Crippen LogP contribution in [-0.4, -0.2) is 21.9 Å². The number of hydrogen-bond acceptors (Lipinski definition) is 1. The Bertz CT molecular complexity index is 148. The molecule has 1 aliphatic carbocycles. The maximum absolute atomic E-state index is 8.78. The third-order valence-corrected chi connectivity index (χ3v) is 4.29. The molecule has 0 saturated heterocycles. The number of rotatable bonds is 2. The van der Waals surface area contributed by atoms with Crippen LogP contribution in [0.2, 0.25) is 0 Å². The highest BCUT2D eigenvalue weighted by molar-refractivity contribution is 6.52. The molecule has 0 unspecified atom stereocenters. The van der Waals surface area contributed by atoms with E-state index in [2.05, 4.69) is 0 Å². The third kappa shape index (κ3) is 0.878. The fourth-order valence-corrected chi connectivity index (χ4v) is 2.61. The van der Waals surface area contributed by atoms with Gasteiger partial charge in [0, 0.05) is 23.8 Å². The van der Waals surface area contributed by atoms with Crippen molar-refractivity contribution < 1.29 is 5.11 Å². The molecule has 2 atom stereocenters. The van der Waals surface area contributed by atoms with Crippen LogP contribution >= 0.6 is 34.8 Å². The summed E-state index contributed by atoms with van der Waals surface area (Å²) in [6.07, 6.45) is 0. The average Bonchev–Trinajstić information content (AvgIpc) is 2.29. The minimum Gasteiger partial charge on any atom is -0.396 e. The summed E-state index contributed by atoms with van der Waals surface area (Å²) >= 11 is 17.3. The Kier molecular flexibility index (Phi) is 2.15. The molecule has 1 nitrogen and oxygen atoms in total. The van der Waals surface area contributed by atoms with Gasteiger partial charge in [0.15, 0.2) is 0 Å². The van der Waals surface area contributed by atoms with E-state index in [1.165, 1.54) is 0 Å². The van der Waals surface area contributed by atoms with Crippen LogP contribution in [0.1, 0.15) is 6.92 Å². The molecule has 0 aromatic heterocycles. The van der Waals surface area contributed by atoms with Crippen molar-refractivity contribution in [3.05, 3.63) is 0 Å². The van der Waals surface area contributed by atoms with E-state index in [-0.39, 0.29) is 17.9 Å². The molecule has 1 aliphatic rings. The second-order valence-corrected chi connectivity index (χ2v) is 4.56. The molecule has 0 radical (unpaired) electrons. The molecular formula is C6H9Cl3O. The molecule has 60 valence electrons. The van der Waals surface area contributed by atoms with Crippen LogP contribution in [0.5, 0.6) is 0 Å². The summed E-state index contributed by atoms with van der Waals surface area (Å²) in [5.41, 5.74) is -0.299. The van der Waals surface area contributed by atoms with Gasteiger partial charge >= 0.3 is 0 Å². The lowest BCUT2D eigenvalue weighted by Gasteiger charge is -2.04. The predicted molar refractivity (Wildman–Crippen MR) is 43.8 cm³/mol. The second-order valence-electron chi connectivity index (χ2n) is 2.91. The summed E-state index contributed by atoms with van der Waals surface area (Å²) in [6.45, 7) is 1.89. The Morgan fingerprint density at radius 2 is 2.00 bits per heavy atom. The first-order chi connectivity index (χ1) is 4.50. The predicted octanol–water partition coefficient (Wildman–Crippen LogP) is 2.03. The van der Waals surface area contributed by atoms with Gasteiger partial charge in [0.25, 0.3) is 0 Å². The van der Waals surface area contributed by atoms with Gasteiger partial charge in [-0.2, -0.15) is 0 Å². The summed E-state index contributed by atoms with van der Waals surface area (Å²) in [4.78, 5) is 0. The summed E-state index contributed by atoms with van der Waals surface area (Å²) in [5.74, 6) is 0.325. The van der Waals surface area contributed by atoms with Gasteiger partial charge in [-0.25, -0.2) is 0 Å². The molecule has 1 fully saturated rings. The largest absolute Gasteiger partial charge is 0.396 e. The summed E-state index contributed by atoms with van der Waals surface area (Å²) < 4.78 is -0.816. The molecule has 0 aliphatic heterocycles.